The van der Waals surface area contributed by atoms with Crippen molar-refractivity contribution in [1.82, 2.24) is 10.6 Å². The SMILES string of the molecule is O=C(N[C@@H](Cc1ccc(O)cc1)C(=O)NC[C@H]1CC(Br)=NO1)OCc1ccccc1. The number of phenolic OH excluding ortho intramolecular Hbond substituents is 1. The molecule has 3 rings (SSSR count). The summed E-state index contributed by atoms with van der Waals surface area (Å²) in [5.74, 6) is -0.245. The van der Waals surface area contributed by atoms with Crippen LogP contribution >= 0.6 is 15.9 Å². The quantitative estimate of drug-likeness (QED) is 0.543. The van der Waals surface area contributed by atoms with Crippen LogP contribution in [0.2, 0.25) is 0 Å². The molecule has 1 heterocycles. The minimum atomic E-state index is -0.858. The van der Waals surface area contributed by atoms with Crippen molar-refractivity contribution in [2.45, 2.75) is 31.6 Å². The highest BCUT2D eigenvalue weighted by molar-refractivity contribution is 9.18. The van der Waals surface area contributed by atoms with Gasteiger partial charge in [0.2, 0.25) is 5.91 Å². The molecule has 1 aliphatic rings. The minimum absolute atomic E-state index is 0.0987. The highest BCUT2D eigenvalue weighted by Gasteiger charge is 2.25. The van der Waals surface area contributed by atoms with Gasteiger partial charge < -0.3 is 25.3 Å². The summed E-state index contributed by atoms with van der Waals surface area (Å²) in [5, 5.41) is 18.6. The summed E-state index contributed by atoms with van der Waals surface area (Å²) in [5.41, 5.74) is 1.62. The number of ether oxygens (including phenoxy) is 1. The number of nitrogens with zero attached hydrogens (tertiary/aromatic N) is 1. The van der Waals surface area contributed by atoms with Crippen LogP contribution in [-0.2, 0) is 27.4 Å². The van der Waals surface area contributed by atoms with E-state index in [9.17, 15) is 14.7 Å². The van der Waals surface area contributed by atoms with Crippen LogP contribution in [0.5, 0.6) is 5.75 Å². The lowest BCUT2D eigenvalue weighted by molar-refractivity contribution is -0.123. The molecule has 0 unspecified atom stereocenters. The van der Waals surface area contributed by atoms with Gasteiger partial charge in [0.1, 0.15) is 23.0 Å². The second kappa shape index (κ2) is 10.6. The number of benzene rings is 2. The summed E-state index contributed by atoms with van der Waals surface area (Å²) in [6.07, 6.45) is -0.156. The van der Waals surface area contributed by atoms with Crippen LogP contribution in [0.4, 0.5) is 4.79 Å². The van der Waals surface area contributed by atoms with E-state index in [4.69, 9.17) is 9.57 Å². The average Bonchev–Trinajstić information content (AvgIpc) is 3.17. The van der Waals surface area contributed by atoms with Crippen LogP contribution in [-0.4, -0.2) is 40.4 Å². The number of hydrogen-bond donors (Lipinski definition) is 3. The highest BCUT2D eigenvalue weighted by Crippen LogP contribution is 2.14. The Morgan fingerprint density at radius 1 is 1.17 bits per heavy atom. The number of alkyl carbamates (subject to hydrolysis) is 1. The third kappa shape index (κ3) is 6.77. The van der Waals surface area contributed by atoms with Gasteiger partial charge in [-0.05, 0) is 39.2 Å². The molecule has 0 spiro atoms. The van der Waals surface area contributed by atoms with E-state index in [1.54, 1.807) is 12.1 Å². The van der Waals surface area contributed by atoms with E-state index in [1.807, 2.05) is 30.3 Å². The molecule has 0 aromatic heterocycles. The predicted octanol–water partition coefficient (Wildman–Crippen LogP) is 2.84. The molecule has 9 heteroatoms. The van der Waals surface area contributed by atoms with Crippen LogP contribution < -0.4 is 10.6 Å². The molecule has 2 amide bonds. The maximum Gasteiger partial charge on any atom is 0.408 e. The normalized spacial score (nSPS) is 16.2. The number of nitrogens with one attached hydrogen (secondary N) is 2. The van der Waals surface area contributed by atoms with Crippen LogP contribution in [0.25, 0.3) is 0 Å². The number of carbonyl (C=O) groups excluding carboxylic acids is 2. The lowest BCUT2D eigenvalue weighted by Crippen LogP contribution is -2.49. The van der Waals surface area contributed by atoms with Crippen molar-refractivity contribution in [2.24, 2.45) is 5.16 Å². The zero-order chi connectivity index (χ0) is 21.3. The number of aromatic hydroxyl groups is 1. The fraction of sp³-hybridized carbons (Fsp3) is 0.286. The summed E-state index contributed by atoms with van der Waals surface area (Å²) in [7, 11) is 0. The highest BCUT2D eigenvalue weighted by atomic mass is 79.9. The van der Waals surface area contributed by atoms with Crippen LogP contribution in [0.15, 0.2) is 59.8 Å². The number of rotatable bonds is 8. The molecule has 0 fully saturated rings. The monoisotopic (exact) mass is 475 g/mol. The Kier molecular flexibility index (Phi) is 7.67. The van der Waals surface area contributed by atoms with Gasteiger partial charge in [0.25, 0.3) is 0 Å². The average molecular weight is 476 g/mol. The molecule has 2 aromatic rings. The number of hydrogen-bond acceptors (Lipinski definition) is 6. The van der Waals surface area contributed by atoms with Gasteiger partial charge in [-0.25, -0.2) is 4.79 Å². The summed E-state index contributed by atoms with van der Waals surface area (Å²) < 4.78 is 5.92. The van der Waals surface area contributed by atoms with Crippen molar-refractivity contribution in [1.29, 1.82) is 0 Å². The fourth-order valence-electron chi connectivity index (χ4n) is 2.83. The smallest absolute Gasteiger partial charge is 0.408 e. The van der Waals surface area contributed by atoms with E-state index in [2.05, 4.69) is 31.7 Å². The molecule has 0 radical (unpaired) electrons. The standard InChI is InChI=1S/C21H22BrN3O5/c22-19-11-17(30-25-19)12-23-20(27)18(10-14-6-8-16(26)9-7-14)24-21(28)29-13-15-4-2-1-3-5-15/h1-9,17-18,26H,10-13H2,(H,23,27)(H,24,28)/t17-,18+/m1/s1. The van der Waals surface area contributed by atoms with Crippen LogP contribution in [0.1, 0.15) is 17.5 Å². The minimum Gasteiger partial charge on any atom is -0.508 e. The summed E-state index contributed by atoms with van der Waals surface area (Å²) in [6, 6.07) is 14.8. The summed E-state index contributed by atoms with van der Waals surface area (Å²) in [6.45, 7) is 0.353. The number of amides is 2. The van der Waals surface area contributed by atoms with E-state index < -0.39 is 12.1 Å². The van der Waals surface area contributed by atoms with E-state index in [0.29, 0.717) is 11.0 Å². The van der Waals surface area contributed by atoms with Gasteiger partial charge in [0.15, 0.2) is 6.10 Å². The van der Waals surface area contributed by atoms with E-state index in [-0.39, 0.29) is 37.3 Å². The van der Waals surface area contributed by atoms with E-state index in [1.165, 1.54) is 12.1 Å². The van der Waals surface area contributed by atoms with Gasteiger partial charge in [-0.3, -0.25) is 4.79 Å². The van der Waals surface area contributed by atoms with Crippen LogP contribution in [0.3, 0.4) is 0 Å². The topological polar surface area (TPSA) is 109 Å². The summed E-state index contributed by atoms with van der Waals surface area (Å²) >= 11 is 3.25. The van der Waals surface area contributed by atoms with Gasteiger partial charge in [-0.2, -0.15) is 0 Å². The van der Waals surface area contributed by atoms with Crippen molar-refractivity contribution in [2.75, 3.05) is 6.54 Å². The molecule has 0 aliphatic carbocycles. The molecule has 1 aliphatic heterocycles. The Morgan fingerprint density at radius 2 is 1.90 bits per heavy atom. The molecule has 2 aromatic carbocycles. The number of halogens is 1. The second-order valence-corrected chi connectivity index (χ2v) is 7.69. The van der Waals surface area contributed by atoms with Gasteiger partial charge in [-0.15, -0.1) is 0 Å². The Balaban J connectivity index is 1.58. The Morgan fingerprint density at radius 3 is 2.57 bits per heavy atom. The lowest BCUT2D eigenvalue weighted by atomic mass is 10.0. The first-order chi connectivity index (χ1) is 14.5. The number of oxime groups is 1. The first-order valence-electron chi connectivity index (χ1n) is 9.40. The lowest BCUT2D eigenvalue weighted by Gasteiger charge is -2.19. The van der Waals surface area contributed by atoms with Gasteiger partial charge in [0.05, 0.1) is 6.54 Å². The molecule has 8 nitrogen and oxygen atoms in total. The third-order valence-corrected chi connectivity index (χ3v) is 4.87. The molecule has 0 bridgehead atoms. The van der Waals surface area contributed by atoms with E-state index in [0.717, 1.165) is 11.1 Å². The van der Waals surface area contributed by atoms with Crippen molar-refractivity contribution >= 4 is 32.6 Å². The molecule has 2 atom stereocenters. The molecular weight excluding hydrogens is 454 g/mol. The Labute approximate surface area is 182 Å². The van der Waals surface area contributed by atoms with Gasteiger partial charge >= 0.3 is 6.09 Å². The van der Waals surface area contributed by atoms with Gasteiger partial charge in [0, 0.05) is 12.8 Å². The zero-order valence-electron chi connectivity index (χ0n) is 16.1. The summed E-state index contributed by atoms with van der Waals surface area (Å²) in [4.78, 5) is 30.2. The Hall–Kier alpha value is -3.07. The zero-order valence-corrected chi connectivity index (χ0v) is 17.7. The molecule has 30 heavy (non-hydrogen) atoms. The van der Waals surface area contributed by atoms with Gasteiger partial charge in [-0.1, -0.05) is 47.6 Å². The predicted molar refractivity (Wildman–Crippen MR) is 114 cm³/mol. The first-order valence-corrected chi connectivity index (χ1v) is 10.2. The second-order valence-electron chi connectivity index (χ2n) is 6.77. The van der Waals surface area contributed by atoms with Crippen LogP contribution in [0, 0.1) is 0 Å². The third-order valence-electron chi connectivity index (χ3n) is 4.40. The fourth-order valence-corrected chi connectivity index (χ4v) is 3.27. The first kappa shape index (κ1) is 21.6. The largest absolute Gasteiger partial charge is 0.508 e. The van der Waals surface area contributed by atoms with Crippen molar-refractivity contribution in [3.63, 3.8) is 0 Å². The van der Waals surface area contributed by atoms with E-state index >= 15 is 0 Å². The maximum absolute atomic E-state index is 12.7. The maximum atomic E-state index is 12.7. The van der Waals surface area contributed by atoms with Crippen molar-refractivity contribution in [3.05, 3.63) is 65.7 Å². The Bertz CT molecular complexity index is 889. The van der Waals surface area contributed by atoms with Crippen molar-refractivity contribution in [3.8, 4) is 5.75 Å². The number of carbonyl (C=O) groups is 2. The van der Waals surface area contributed by atoms with Crippen molar-refractivity contribution < 1.29 is 24.3 Å². The molecular formula is C21H22BrN3O5. The molecule has 0 saturated carbocycles. The molecule has 3 N–H and O–H groups in total. The molecule has 158 valence electrons. The molecule has 0 saturated heterocycles. The number of phenols is 1.